The molecule has 6 nitrogen and oxygen atoms in total. The number of aromatic hydroxyl groups is 2. The summed E-state index contributed by atoms with van der Waals surface area (Å²) >= 11 is 0. The minimum Gasteiger partial charge on any atom is -0.507 e. The van der Waals surface area contributed by atoms with Gasteiger partial charge in [0.1, 0.15) is 11.5 Å². The van der Waals surface area contributed by atoms with E-state index in [1.807, 2.05) is 24.3 Å². The monoisotopic (exact) mass is 610 g/mol. The fourth-order valence-corrected chi connectivity index (χ4v) is 5.55. The van der Waals surface area contributed by atoms with E-state index in [0.29, 0.717) is 74.1 Å². The van der Waals surface area contributed by atoms with Crippen molar-refractivity contribution in [1.82, 2.24) is 0 Å². The van der Waals surface area contributed by atoms with Crippen LogP contribution in [0.25, 0.3) is 0 Å². The van der Waals surface area contributed by atoms with E-state index >= 15 is 0 Å². The number of rotatable bonds is 19. The molecule has 44 heavy (non-hydrogen) atoms. The van der Waals surface area contributed by atoms with Gasteiger partial charge >= 0.3 is 11.9 Å². The second-order valence-electron chi connectivity index (χ2n) is 14.1. The van der Waals surface area contributed by atoms with Gasteiger partial charge in [-0.25, -0.2) is 0 Å². The molecule has 0 heterocycles. The van der Waals surface area contributed by atoms with Gasteiger partial charge in [-0.2, -0.15) is 0 Å². The predicted molar refractivity (Wildman–Crippen MR) is 178 cm³/mol. The first-order valence-corrected chi connectivity index (χ1v) is 16.7. The van der Waals surface area contributed by atoms with E-state index in [2.05, 4.69) is 55.4 Å². The van der Waals surface area contributed by atoms with Crippen molar-refractivity contribution in [2.24, 2.45) is 23.7 Å². The molecule has 0 bridgehead atoms. The summed E-state index contributed by atoms with van der Waals surface area (Å²) in [6.07, 6.45) is 6.19. The summed E-state index contributed by atoms with van der Waals surface area (Å²) in [5.74, 6) is 2.02. The van der Waals surface area contributed by atoms with E-state index in [-0.39, 0.29) is 24.8 Å². The number of hydrogen-bond donors (Lipinski definition) is 2. The third kappa shape index (κ3) is 13.7. The molecular weight excluding hydrogens is 552 g/mol. The highest BCUT2D eigenvalue weighted by Crippen LogP contribution is 2.31. The summed E-state index contributed by atoms with van der Waals surface area (Å²) in [5.41, 5.74) is 5.91. The zero-order valence-electron chi connectivity index (χ0n) is 28.6. The second-order valence-corrected chi connectivity index (χ2v) is 14.1. The van der Waals surface area contributed by atoms with Crippen molar-refractivity contribution in [1.29, 1.82) is 0 Å². The van der Waals surface area contributed by atoms with Gasteiger partial charge in [-0.15, -0.1) is 0 Å². The van der Waals surface area contributed by atoms with Crippen molar-refractivity contribution < 1.29 is 29.3 Å². The van der Waals surface area contributed by atoms with Gasteiger partial charge in [-0.05, 0) is 108 Å². The van der Waals surface area contributed by atoms with E-state index in [4.69, 9.17) is 9.47 Å². The van der Waals surface area contributed by atoms with Crippen molar-refractivity contribution >= 4 is 11.9 Å². The van der Waals surface area contributed by atoms with Crippen LogP contribution in [0.1, 0.15) is 114 Å². The summed E-state index contributed by atoms with van der Waals surface area (Å²) in [4.78, 5) is 24.8. The van der Waals surface area contributed by atoms with Gasteiger partial charge in [0.25, 0.3) is 0 Å². The number of carbonyl (C=O) groups is 2. The number of ether oxygens (including phenoxy) is 2. The Kier molecular flexibility index (Phi) is 15.8. The summed E-state index contributed by atoms with van der Waals surface area (Å²) in [6.45, 7) is 17.7. The van der Waals surface area contributed by atoms with Crippen LogP contribution < -0.4 is 0 Å². The zero-order chi connectivity index (χ0) is 32.8. The number of phenolic OH excluding ortho intramolecular Hbond substituents is 2. The quantitative estimate of drug-likeness (QED) is 0.123. The molecule has 0 aliphatic heterocycles. The number of hydrogen-bond acceptors (Lipinski definition) is 6. The molecule has 0 saturated heterocycles. The molecule has 0 radical (unpaired) electrons. The molecule has 2 aromatic carbocycles. The topological polar surface area (TPSA) is 93.1 Å². The van der Waals surface area contributed by atoms with Crippen LogP contribution in [0.5, 0.6) is 11.5 Å². The second kappa shape index (κ2) is 18.7. The van der Waals surface area contributed by atoms with Crippen LogP contribution in [0.4, 0.5) is 0 Å². The lowest BCUT2D eigenvalue weighted by atomic mass is 9.92. The Balaban J connectivity index is 1.74. The molecule has 2 aromatic rings. The lowest BCUT2D eigenvalue weighted by Crippen LogP contribution is -2.10. The molecule has 0 fully saturated rings. The van der Waals surface area contributed by atoms with Crippen LogP contribution in [-0.2, 0) is 57.6 Å². The van der Waals surface area contributed by atoms with Gasteiger partial charge < -0.3 is 19.7 Å². The molecule has 0 saturated carbocycles. The minimum absolute atomic E-state index is 0.242. The Labute approximate surface area is 266 Å². The number of unbranched alkanes of at least 4 members (excludes halogenated alkanes) is 1. The zero-order valence-corrected chi connectivity index (χ0v) is 28.6. The van der Waals surface area contributed by atoms with Gasteiger partial charge in [0.05, 0.1) is 13.2 Å². The first-order valence-electron chi connectivity index (χ1n) is 16.7. The van der Waals surface area contributed by atoms with Crippen LogP contribution >= 0.6 is 0 Å². The third-order valence-electron chi connectivity index (χ3n) is 7.47. The van der Waals surface area contributed by atoms with Crippen LogP contribution in [-0.4, -0.2) is 35.4 Å². The van der Waals surface area contributed by atoms with Crippen LogP contribution in [0.15, 0.2) is 24.3 Å². The van der Waals surface area contributed by atoms with Crippen molar-refractivity contribution in [2.75, 3.05) is 13.2 Å². The molecule has 246 valence electrons. The maximum absolute atomic E-state index is 12.4. The summed E-state index contributed by atoms with van der Waals surface area (Å²) in [6, 6.07) is 8.10. The van der Waals surface area contributed by atoms with E-state index in [1.54, 1.807) is 0 Å². The minimum atomic E-state index is -0.242. The van der Waals surface area contributed by atoms with E-state index in [9.17, 15) is 19.8 Å². The maximum Gasteiger partial charge on any atom is 0.306 e. The SMILES string of the molecule is CC(C)Cc1cc(CCC(=O)OCCCCOC(=O)CCc2cc(CC(C)C)c(O)c(CC(C)C)c2)cc(CC(C)C)c1O. The van der Waals surface area contributed by atoms with Crippen LogP contribution in [0, 0.1) is 23.7 Å². The van der Waals surface area contributed by atoms with Crippen molar-refractivity contribution in [3.05, 3.63) is 57.6 Å². The highest BCUT2D eigenvalue weighted by Gasteiger charge is 2.16. The number of carbonyl (C=O) groups excluding carboxylic acids is 2. The Bertz CT molecular complexity index is 1040. The average molecular weight is 611 g/mol. The Hall–Kier alpha value is -3.02. The Morgan fingerprint density at radius 1 is 0.545 bits per heavy atom. The molecule has 0 unspecified atom stereocenters. The van der Waals surface area contributed by atoms with Gasteiger partial charge in [-0.1, -0.05) is 79.7 Å². The molecule has 0 aliphatic carbocycles. The molecule has 0 aliphatic rings. The van der Waals surface area contributed by atoms with Crippen LogP contribution in [0.3, 0.4) is 0 Å². The number of esters is 2. The molecule has 2 N–H and O–H groups in total. The first-order chi connectivity index (χ1) is 20.7. The fraction of sp³-hybridized carbons (Fsp3) is 0.632. The number of aryl methyl sites for hydroxylation is 2. The summed E-state index contributed by atoms with van der Waals surface area (Å²) in [7, 11) is 0. The molecule has 0 spiro atoms. The summed E-state index contributed by atoms with van der Waals surface area (Å²) < 4.78 is 10.9. The Morgan fingerprint density at radius 2 is 0.818 bits per heavy atom. The Morgan fingerprint density at radius 3 is 1.07 bits per heavy atom. The van der Waals surface area contributed by atoms with Crippen molar-refractivity contribution in [3.8, 4) is 11.5 Å². The van der Waals surface area contributed by atoms with E-state index < -0.39 is 0 Å². The standard InChI is InChI=1S/C38H58O6/c1-25(2)17-31-21-29(22-32(37(31)41)18-26(3)4)11-13-35(39)43-15-9-10-16-44-36(40)14-12-30-23-33(19-27(5)6)38(42)34(24-30)20-28(7)8/h21-28,41-42H,9-20H2,1-8H3. The smallest absolute Gasteiger partial charge is 0.306 e. The van der Waals surface area contributed by atoms with Crippen molar-refractivity contribution in [3.63, 3.8) is 0 Å². The van der Waals surface area contributed by atoms with Gasteiger partial charge in [0, 0.05) is 12.8 Å². The van der Waals surface area contributed by atoms with Gasteiger partial charge in [0.15, 0.2) is 0 Å². The predicted octanol–water partition coefficient (Wildman–Crippen LogP) is 8.32. The lowest BCUT2D eigenvalue weighted by Gasteiger charge is -2.16. The molecule has 6 heteroatoms. The lowest BCUT2D eigenvalue weighted by molar-refractivity contribution is -0.146. The molecule has 2 rings (SSSR count). The number of phenols is 2. The fourth-order valence-electron chi connectivity index (χ4n) is 5.55. The van der Waals surface area contributed by atoms with E-state index in [1.165, 1.54) is 0 Å². The summed E-state index contributed by atoms with van der Waals surface area (Å²) in [5, 5.41) is 21.5. The largest absolute Gasteiger partial charge is 0.507 e. The highest BCUT2D eigenvalue weighted by molar-refractivity contribution is 5.70. The molecular formula is C38H58O6. The highest BCUT2D eigenvalue weighted by atomic mass is 16.5. The molecule has 0 amide bonds. The molecule has 0 aromatic heterocycles. The first kappa shape index (κ1) is 37.2. The van der Waals surface area contributed by atoms with Gasteiger partial charge in [-0.3, -0.25) is 9.59 Å². The third-order valence-corrected chi connectivity index (χ3v) is 7.47. The van der Waals surface area contributed by atoms with E-state index in [0.717, 1.165) is 59.1 Å². The molecule has 0 atom stereocenters. The van der Waals surface area contributed by atoms with Gasteiger partial charge in [0.2, 0.25) is 0 Å². The van der Waals surface area contributed by atoms with Crippen LogP contribution in [0.2, 0.25) is 0 Å². The maximum atomic E-state index is 12.4. The number of benzene rings is 2. The normalized spacial score (nSPS) is 11.6. The average Bonchev–Trinajstić information content (AvgIpc) is 2.91. The van der Waals surface area contributed by atoms with Crippen molar-refractivity contribution in [2.45, 2.75) is 120 Å².